The average molecular weight is 288 g/mol. The number of nitrogens with zero attached hydrogens (tertiary/aromatic N) is 1. The van der Waals surface area contributed by atoms with Crippen LogP contribution >= 0.6 is 0 Å². The van der Waals surface area contributed by atoms with Crippen molar-refractivity contribution < 1.29 is 4.74 Å². The van der Waals surface area contributed by atoms with Crippen LogP contribution in [0, 0.1) is 17.8 Å². The van der Waals surface area contributed by atoms with Crippen molar-refractivity contribution in [1.29, 1.82) is 0 Å². The highest BCUT2D eigenvalue weighted by Crippen LogP contribution is 2.48. The number of nitrogens with two attached hydrogens (primary N) is 1. The molecule has 0 spiro atoms. The van der Waals surface area contributed by atoms with Crippen molar-refractivity contribution in [2.24, 2.45) is 23.5 Å². The lowest BCUT2D eigenvalue weighted by atomic mass is 9.88. The van der Waals surface area contributed by atoms with Crippen molar-refractivity contribution in [2.45, 2.75) is 32.1 Å². The van der Waals surface area contributed by atoms with Crippen LogP contribution in [0.5, 0.6) is 5.75 Å². The van der Waals surface area contributed by atoms with E-state index in [1.165, 1.54) is 37.9 Å². The van der Waals surface area contributed by atoms with Gasteiger partial charge in [0.25, 0.3) is 0 Å². The van der Waals surface area contributed by atoms with Gasteiger partial charge in [-0.1, -0.05) is 6.42 Å². The van der Waals surface area contributed by atoms with Crippen LogP contribution in [0.4, 0.5) is 5.69 Å². The first kappa shape index (κ1) is 14.7. The lowest BCUT2D eigenvalue weighted by Gasteiger charge is -2.31. The molecule has 1 aromatic rings. The summed E-state index contributed by atoms with van der Waals surface area (Å²) in [6.45, 7) is 3.04. The molecule has 2 aliphatic carbocycles. The molecule has 3 unspecified atom stereocenters. The lowest BCUT2D eigenvalue weighted by Crippen LogP contribution is -2.33. The molecule has 2 N–H and O–H groups in total. The van der Waals surface area contributed by atoms with Gasteiger partial charge in [-0.2, -0.15) is 0 Å². The van der Waals surface area contributed by atoms with Crippen molar-refractivity contribution in [2.75, 3.05) is 31.6 Å². The second-order valence-corrected chi connectivity index (χ2v) is 6.72. The predicted molar refractivity (Wildman–Crippen MR) is 87.8 cm³/mol. The molecular formula is C18H28N2O. The predicted octanol–water partition coefficient (Wildman–Crippen LogP) is 3.29. The summed E-state index contributed by atoms with van der Waals surface area (Å²) in [5.74, 6) is 3.82. The summed E-state index contributed by atoms with van der Waals surface area (Å²) in [5, 5.41) is 0. The summed E-state index contributed by atoms with van der Waals surface area (Å²) >= 11 is 0. The maximum atomic E-state index is 5.72. The van der Waals surface area contributed by atoms with E-state index in [4.69, 9.17) is 10.5 Å². The van der Waals surface area contributed by atoms with E-state index in [-0.39, 0.29) is 0 Å². The Bertz CT molecular complexity index is 445. The molecule has 3 atom stereocenters. The van der Waals surface area contributed by atoms with Gasteiger partial charge in [0.1, 0.15) is 5.75 Å². The largest absolute Gasteiger partial charge is 0.497 e. The molecule has 1 aromatic carbocycles. The Morgan fingerprint density at radius 2 is 2.00 bits per heavy atom. The van der Waals surface area contributed by atoms with Gasteiger partial charge in [-0.25, -0.2) is 0 Å². The Kier molecular flexibility index (Phi) is 4.69. The Morgan fingerprint density at radius 3 is 2.57 bits per heavy atom. The maximum Gasteiger partial charge on any atom is 0.119 e. The Balaban J connectivity index is 1.67. The van der Waals surface area contributed by atoms with Gasteiger partial charge in [-0.05, 0) is 74.2 Å². The highest BCUT2D eigenvalue weighted by atomic mass is 16.5. The first-order valence-electron chi connectivity index (χ1n) is 8.39. The standard InChI is InChI=1S/C18H28N2O/c1-21-18-7-5-17(6-8-18)20(10-2-9-19)13-16-12-14-3-4-15(16)11-14/h5-8,14-16H,2-4,9-13,19H2,1H3. The Labute approximate surface area is 128 Å². The monoisotopic (exact) mass is 288 g/mol. The smallest absolute Gasteiger partial charge is 0.119 e. The third-order valence-corrected chi connectivity index (χ3v) is 5.41. The van der Waals surface area contributed by atoms with Crippen LogP contribution in [0.25, 0.3) is 0 Å². The molecule has 0 heterocycles. The third kappa shape index (κ3) is 3.34. The van der Waals surface area contributed by atoms with Crippen LogP contribution in [0.15, 0.2) is 24.3 Å². The van der Waals surface area contributed by atoms with E-state index < -0.39 is 0 Å². The van der Waals surface area contributed by atoms with Gasteiger partial charge >= 0.3 is 0 Å². The minimum Gasteiger partial charge on any atom is -0.497 e. The lowest BCUT2D eigenvalue weighted by molar-refractivity contribution is 0.333. The zero-order valence-electron chi connectivity index (χ0n) is 13.1. The van der Waals surface area contributed by atoms with Crippen LogP contribution in [0.2, 0.25) is 0 Å². The second kappa shape index (κ2) is 6.69. The van der Waals surface area contributed by atoms with Crippen molar-refractivity contribution >= 4 is 5.69 Å². The van der Waals surface area contributed by atoms with Crippen molar-refractivity contribution in [3.8, 4) is 5.75 Å². The number of benzene rings is 1. The van der Waals surface area contributed by atoms with Gasteiger partial charge in [0.15, 0.2) is 0 Å². The molecule has 21 heavy (non-hydrogen) atoms. The Hall–Kier alpha value is -1.22. The molecule has 2 bridgehead atoms. The van der Waals surface area contributed by atoms with Gasteiger partial charge in [-0.3, -0.25) is 0 Å². The first-order valence-corrected chi connectivity index (χ1v) is 8.39. The minimum absolute atomic E-state index is 0.767. The van der Waals surface area contributed by atoms with Gasteiger partial charge in [0, 0.05) is 18.8 Å². The summed E-state index contributed by atoms with van der Waals surface area (Å²) in [4.78, 5) is 2.54. The van der Waals surface area contributed by atoms with E-state index in [0.29, 0.717) is 0 Å². The highest BCUT2D eigenvalue weighted by Gasteiger charge is 2.39. The zero-order valence-corrected chi connectivity index (χ0v) is 13.1. The number of hydrogen-bond donors (Lipinski definition) is 1. The van der Waals surface area contributed by atoms with Crippen LogP contribution in [0.1, 0.15) is 32.1 Å². The quantitative estimate of drug-likeness (QED) is 0.836. The summed E-state index contributed by atoms with van der Waals surface area (Å²) < 4.78 is 5.27. The van der Waals surface area contributed by atoms with Crippen LogP contribution in [-0.2, 0) is 0 Å². The minimum atomic E-state index is 0.767. The number of anilines is 1. The van der Waals surface area contributed by atoms with E-state index in [2.05, 4.69) is 29.2 Å². The molecule has 0 amide bonds. The summed E-state index contributed by atoms with van der Waals surface area (Å²) in [7, 11) is 1.72. The summed E-state index contributed by atoms with van der Waals surface area (Å²) in [6, 6.07) is 8.49. The van der Waals surface area contributed by atoms with Crippen molar-refractivity contribution in [1.82, 2.24) is 0 Å². The molecule has 3 nitrogen and oxygen atoms in total. The number of methoxy groups -OCH3 is 1. The number of ether oxygens (including phenoxy) is 1. The summed E-state index contributed by atoms with van der Waals surface area (Å²) in [5.41, 5.74) is 7.03. The third-order valence-electron chi connectivity index (χ3n) is 5.41. The molecule has 0 aromatic heterocycles. The van der Waals surface area contributed by atoms with Gasteiger partial charge in [0.05, 0.1) is 7.11 Å². The molecule has 2 saturated carbocycles. The van der Waals surface area contributed by atoms with E-state index in [1.807, 2.05) is 0 Å². The topological polar surface area (TPSA) is 38.5 Å². The molecule has 0 radical (unpaired) electrons. The van der Waals surface area contributed by atoms with Crippen LogP contribution in [-0.4, -0.2) is 26.7 Å². The summed E-state index contributed by atoms with van der Waals surface area (Å²) in [6.07, 6.45) is 6.93. The second-order valence-electron chi connectivity index (χ2n) is 6.72. The van der Waals surface area contributed by atoms with Crippen LogP contribution < -0.4 is 15.4 Å². The molecule has 2 fully saturated rings. The zero-order chi connectivity index (χ0) is 14.7. The average Bonchev–Trinajstić information content (AvgIpc) is 3.14. The fourth-order valence-corrected chi connectivity index (χ4v) is 4.28. The fourth-order valence-electron chi connectivity index (χ4n) is 4.28. The molecule has 3 heteroatoms. The van der Waals surface area contributed by atoms with Crippen LogP contribution in [0.3, 0.4) is 0 Å². The molecule has 0 aliphatic heterocycles. The normalized spacial score (nSPS) is 27.0. The number of fused-ring (bicyclic) bond motifs is 2. The van der Waals surface area contributed by atoms with E-state index >= 15 is 0 Å². The maximum absolute atomic E-state index is 5.72. The van der Waals surface area contributed by atoms with Gasteiger partial charge < -0.3 is 15.4 Å². The van der Waals surface area contributed by atoms with Gasteiger partial charge in [0.2, 0.25) is 0 Å². The molecule has 3 rings (SSSR count). The molecule has 116 valence electrons. The Morgan fingerprint density at radius 1 is 1.19 bits per heavy atom. The van der Waals surface area contributed by atoms with E-state index in [0.717, 1.165) is 43.0 Å². The number of hydrogen-bond acceptors (Lipinski definition) is 3. The van der Waals surface area contributed by atoms with E-state index in [1.54, 1.807) is 7.11 Å². The van der Waals surface area contributed by atoms with Gasteiger partial charge in [-0.15, -0.1) is 0 Å². The first-order chi connectivity index (χ1) is 10.3. The fraction of sp³-hybridized carbons (Fsp3) is 0.667. The SMILES string of the molecule is COc1ccc(N(CCCN)CC2CC3CCC2C3)cc1. The molecular weight excluding hydrogens is 260 g/mol. The van der Waals surface area contributed by atoms with Crippen molar-refractivity contribution in [3.63, 3.8) is 0 Å². The highest BCUT2D eigenvalue weighted by molar-refractivity contribution is 5.49. The molecule has 2 aliphatic rings. The van der Waals surface area contributed by atoms with E-state index in [9.17, 15) is 0 Å². The molecule has 0 saturated heterocycles. The van der Waals surface area contributed by atoms with Crippen molar-refractivity contribution in [3.05, 3.63) is 24.3 Å². The number of rotatable bonds is 7.